The van der Waals surface area contributed by atoms with Crippen LogP contribution in [-0.2, 0) is 21.4 Å². The van der Waals surface area contributed by atoms with Crippen LogP contribution in [0.3, 0.4) is 0 Å². The van der Waals surface area contributed by atoms with E-state index < -0.39 is 10.0 Å². The van der Waals surface area contributed by atoms with Crippen molar-refractivity contribution in [1.29, 1.82) is 0 Å². The number of ether oxygens (including phenoxy) is 1. The molecule has 18 heavy (non-hydrogen) atoms. The number of morpholine rings is 1. The fourth-order valence-electron chi connectivity index (χ4n) is 2.04. The van der Waals surface area contributed by atoms with Gasteiger partial charge in [0, 0.05) is 18.0 Å². The van der Waals surface area contributed by atoms with Gasteiger partial charge < -0.3 is 9.84 Å². The van der Waals surface area contributed by atoms with E-state index in [1.54, 1.807) is 12.1 Å². The Kier molecular flexibility index (Phi) is 4.08. The van der Waals surface area contributed by atoms with Gasteiger partial charge in [-0.05, 0) is 26.0 Å². The fraction of sp³-hybridized carbons (Fsp3) is 0.636. The number of aliphatic hydroxyl groups excluding tert-OH is 1. The van der Waals surface area contributed by atoms with Crippen molar-refractivity contribution >= 4 is 21.4 Å². The zero-order valence-electron chi connectivity index (χ0n) is 10.4. The van der Waals surface area contributed by atoms with E-state index in [-0.39, 0.29) is 23.0 Å². The van der Waals surface area contributed by atoms with Crippen molar-refractivity contribution in [2.45, 2.75) is 36.9 Å². The lowest BCUT2D eigenvalue weighted by Gasteiger charge is -2.34. The molecule has 0 radical (unpaired) electrons. The van der Waals surface area contributed by atoms with Gasteiger partial charge in [0.05, 0.1) is 18.8 Å². The standard InChI is InChI=1S/C11H17NO4S2/c1-8-5-12(6-9(2)16-8)18(14,15)11-4-3-10(7-13)17-11/h3-4,8-9,13H,5-7H2,1-2H3/t8-,9+. The van der Waals surface area contributed by atoms with Gasteiger partial charge in [-0.15, -0.1) is 11.3 Å². The van der Waals surface area contributed by atoms with Crippen LogP contribution in [0.5, 0.6) is 0 Å². The van der Waals surface area contributed by atoms with E-state index in [4.69, 9.17) is 9.84 Å². The minimum absolute atomic E-state index is 0.0965. The van der Waals surface area contributed by atoms with Crippen LogP contribution in [0.1, 0.15) is 18.7 Å². The van der Waals surface area contributed by atoms with Gasteiger partial charge in [0.2, 0.25) is 0 Å². The minimum Gasteiger partial charge on any atom is -0.391 e. The first-order valence-corrected chi connectivity index (χ1v) is 8.04. The summed E-state index contributed by atoms with van der Waals surface area (Å²) in [6.45, 7) is 4.35. The molecule has 0 unspecified atom stereocenters. The molecule has 0 saturated carbocycles. The first-order valence-electron chi connectivity index (χ1n) is 5.78. The molecule has 2 heterocycles. The zero-order chi connectivity index (χ0) is 13.3. The predicted molar refractivity (Wildman–Crippen MR) is 69.0 cm³/mol. The molecule has 1 aliphatic rings. The molecule has 0 bridgehead atoms. The van der Waals surface area contributed by atoms with Crippen molar-refractivity contribution in [2.24, 2.45) is 0 Å². The van der Waals surface area contributed by atoms with Crippen LogP contribution in [-0.4, -0.2) is 43.1 Å². The molecule has 2 rings (SSSR count). The number of thiophene rings is 1. The highest BCUT2D eigenvalue weighted by atomic mass is 32.2. The lowest BCUT2D eigenvalue weighted by molar-refractivity contribution is -0.0440. The molecule has 1 aliphatic heterocycles. The van der Waals surface area contributed by atoms with Crippen LogP contribution in [0.25, 0.3) is 0 Å². The number of aliphatic hydroxyl groups is 1. The van der Waals surface area contributed by atoms with Crippen molar-refractivity contribution < 1.29 is 18.3 Å². The summed E-state index contributed by atoms with van der Waals surface area (Å²) < 4.78 is 32.1. The van der Waals surface area contributed by atoms with E-state index >= 15 is 0 Å². The summed E-state index contributed by atoms with van der Waals surface area (Å²) in [5, 5.41) is 8.99. The molecule has 1 aromatic rings. The van der Waals surface area contributed by atoms with Crippen LogP contribution in [0, 0.1) is 0 Å². The van der Waals surface area contributed by atoms with Crippen LogP contribution in [0.15, 0.2) is 16.3 Å². The average Bonchev–Trinajstić information content (AvgIpc) is 2.76. The molecular weight excluding hydrogens is 274 g/mol. The summed E-state index contributed by atoms with van der Waals surface area (Å²) in [5.41, 5.74) is 0. The van der Waals surface area contributed by atoms with Gasteiger partial charge in [0.25, 0.3) is 10.0 Å². The van der Waals surface area contributed by atoms with Gasteiger partial charge >= 0.3 is 0 Å². The lowest BCUT2D eigenvalue weighted by atomic mass is 10.3. The van der Waals surface area contributed by atoms with E-state index in [1.807, 2.05) is 13.8 Å². The highest BCUT2D eigenvalue weighted by molar-refractivity contribution is 7.91. The molecule has 0 aromatic carbocycles. The summed E-state index contributed by atoms with van der Waals surface area (Å²) >= 11 is 1.12. The summed E-state index contributed by atoms with van der Waals surface area (Å²) in [6, 6.07) is 3.20. The highest BCUT2D eigenvalue weighted by Gasteiger charge is 2.32. The average molecular weight is 291 g/mol. The third-order valence-electron chi connectivity index (χ3n) is 2.77. The molecule has 7 heteroatoms. The van der Waals surface area contributed by atoms with Crippen LogP contribution in [0.4, 0.5) is 0 Å². The summed E-state index contributed by atoms with van der Waals surface area (Å²) in [5.74, 6) is 0. The van der Waals surface area contributed by atoms with Gasteiger partial charge in [-0.25, -0.2) is 8.42 Å². The first-order chi connectivity index (χ1) is 8.43. The second-order valence-corrected chi connectivity index (χ2v) is 7.79. The van der Waals surface area contributed by atoms with E-state index in [2.05, 4.69) is 0 Å². The molecule has 1 aromatic heterocycles. The number of hydrogen-bond acceptors (Lipinski definition) is 5. The van der Waals surface area contributed by atoms with Gasteiger partial charge in [0.1, 0.15) is 4.21 Å². The molecular formula is C11H17NO4S2. The Bertz CT molecular complexity index is 501. The Balaban J connectivity index is 2.25. The third-order valence-corrected chi connectivity index (χ3v) is 6.14. The molecule has 2 atom stereocenters. The minimum atomic E-state index is -3.46. The van der Waals surface area contributed by atoms with E-state index in [9.17, 15) is 8.42 Å². The van der Waals surface area contributed by atoms with Crippen LogP contribution in [0.2, 0.25) is 0 Å². The van der Waals surface area contributed by atoms with E-state index in [0.29, 0.717) is 18.0 Å². The van der Waals surface area contributed by atoms with Crippen molar-refractivity contribution in [3.8, 4) is 0 Å². The Morgan fingerprint density at radius 1 is 1.39 bits per heavy atom. The second-order valence-electron chi connectivity index (χ2n) is 4.46. The number of sulfonamides is 1. The van der Waals surface area contributed by atoms with Gasteiger partial charge in [-0.2, -0.15) is 4.31 Å². The highest BCUT2D eigenvalue weighted by Crippen LogP contribution is 2.27. The molecule has 1 saturated heterocycles. The van der Waals surface area contributed by atoms with Gasteiger partial charge in [-0.3, -0.25) is 0 Å². The normalized spacial score (nSPS) is 26.4. The molecule has 0 aliphatic carbocycles. The number of nitrogens with zero attached hydrogens (tertiary/aromatic N) is 1. The predicted octanol–water partition coefficient (Wildman–Crippen LogP) is 1.04. The Morgan fingerprint density at radius 3 is 2.50 bits per heavy atom. The van der Waals surface area contributed by atoms with Crippen LogP contribution < -0.4 is 0 Å². The summed E-state index contributed by atoms with van der Waals surface area (Å²) in [4.78, 5) is 0.655. The molecule has 1 N–H and O–H groups in total. The van der Waals surface area contributed by atoms with E-state index in [0.717, 1.165) is 11.3 Å². The zero-order valence-corrected chi connectivity index (χ0v) is 12.0. The summed E-state index contributed by atoms with van der Waals surface area (Å²) in [6.07, 6.45) is -0.193. The monoisotopic (exact) mass is 291 g/mol. The lowest BCUT2D eigenvalue weighted by Crippen LogP contribution is -2.47. The van der Waals surface area contributed by atoms with Crippen molar-refractivity contribution in [2.75, 3.05) is 13.1 Å². The maximum Gasteiger partial charge on any atom is 0.252 e. The van der Waals surface area contributed by atoms with E-state index in [1.165, 1.54) is 4.31 Å². The Morgan fingerprint density at radius 2 is 2.00 bits per heavy atom. The van der Waals surface area contributed by atoms with Gasteiger partial charge in [0.15, 0.2) is 0 Å². The molecule has 0 spiro atoms. The topological polar surface area (TPSA) is 66.8 Å². The largest absolute Gasteiger partial charge is 0.391 e. The SMILES string of the molecule is C[C@@H]1CN(S(=O)(=O)c2ccc(CO)s2)C[C@H](C)O1. The van der Waals surface area contributed by atoms with Crippen LogP contribution >= 0.6 is 11.3 Å². The number of rotatable bonds is 3. The second kappa shape index (κ2) is 5.26. The molecule has 0 amide bonds. The Labute approximate surface area is 111 Å². The molecule has 102 valence electrons. The van der Waals surface area contributed by atoms with Gasteiger partial charge in [-0.1, -0.05) is 0 Å². The van der Waals surface area contributed by atoms with Crippen molar-refractivity contribution in [1.82, 2.24) is 4.31 Å². The summed E-state index contributed by atoms with van der Waals surface area (Å²) in [7, 11) is -3.46. The maximum absolute atomic E-state index is 12.4. The van der Waals surface area contributed by atoms with Crippen molar-refractivity contribution in [3.63, 3.8) is 0 Å². The first kappa shape index (κ1) is 14.0. The number of hydrogen-bond donors (Lipinski definition) is 1. The quantitative estimate of drug-likeness (QED) is 0.903. The third kappa shape index (κ3) is 2.75. The molecule has 1 fully saturated rings. The fourth-order valence-corrected chi connectivity index (χ4v) is 5.00. The molecule has 5 nitrogen and oxygen atoms in total. The van der Waals surface area contributed by atoms with Crippen molar-refractivity contribution in [3.05, 3.63) is 17.0 Å². The smallest absolute Gasteiger partial charge is 0.252 e. The maximum atomic E-state index is 12.4. The Hall–Kier alpha value is -0.470.